The highest BCUT2D eigenvalue weighted by Crippen LogP contribution is 2.44. The standard InChI is InChI=1S/C12H18O4/c1-12(2)15-9-3-7-5-11(13)14-6-8(7)4-10(9)16-12/h7-10H,3-6H2,1-2H3/t7-,8+,9+,10-/m1/s1. The Bertz CT molecular complexity index is 312. The van der Waals surface area contributed by atoms with Crippen molar-refractivity contribution in [2.24, 2.45) is 11.8 Å². The average Bonchev–Trinajstić information content (AvgIpc) is 2.47. The van der Waals surface area contributed by atoms with Crippen LogP contribution in [0.15, 0.2) is 0 Å². The monoisotopic (exact) mass is 226 g/mol. The summed E-state index contributed by atoms with van der Waals surface area (Å²) < 4.78 is 16.8. The molecule has 2 aliphatic heterocycles. The van der Waals surface area contributed by atoms with Gasteiger partial charge in [-0.25, -0.2) is 0 Å². The number of carbonyl (C=O) groups is 1. The van der Waals surface area contributed by atoms with E-state index in [1.54, 1.807) is 0 Å². The Morgan fingerprint density at radius 2 is 1.75 bits per heavy atom. The first-order valence-corrected chi connectivity index (χ1v) is 6.05. The molecule has 3 fully saturated rings. The molecule has 2 heterocycles. The van der Waals surface area contributed by atoms with E-state index in [1.807, 2.05) is 13.8 Å². The minimum absolute atomic E-state index is 0.0575. The molecule has 3 aliphatic rings. The lowest BCUT2D eigenvalue weighted by molar-refractivity contribution is -0.156. The Morgan fingerprint density at radius 1 is 1.12 bits per heavy atom. The van der Waals surface area contributed by atoms with Gasteiger partial charge in [-0.1, -0.05) is 0 Å². The minimum atomic E-state index is -0.465. The van der Waals surface area contributed by atoms with Gasteiger partial charge >= 0.3 is 5.97 Å². The van der Waals surface area contributed by atoms with Gasteiger partial charge in [-0.05, 0) is 38.5 Å². The second kappa shape index (κ2) is 3.44. The highest BCUT2D eigenvalue weighted by Gasteiger charge is 2.49. The lowest BCUT2D eigenvalue weighted by atomic mass is 9.74. The maximum absolute atomic E-state index is 11.2. The van der Waals surface area contributed by atoms with Crippen molar-refractivity contribution in [1.29, 1.82) is 0 Å². The van der Waals surface area contributed by atoms with Crippen molar-refractivity contribution in [3.05, 3.63) is 0 Å². The molecule has 16 heavy (non-hydrogen) atoms. The first kappa shape index (κ1) is 10.5. The van der Waals surface area contributed by atoms with E-state index in [0.29, 0.717) is 24.9 Å². The molecular formula is C12H18O4. The van der Waals surface area contributed by atoms with E-state index in [-0.39, 0.29) is 18.2 Å². The van der Waals surface area contributed by atoms with Crippen LogP contribution >= 0.6 is 0 Å². The van der Waals surface area contributed by atoms with Crippen LogP contribution in [0.4, 0.5) is 0 Å². The van der Waals surface area contributed by atoms with Crippen LogP contribution in [-0.2, 0) is 19.0 Å². The topological polar surface area (TPSA) is 44.8 Å². The molecule has 0 aromatic rings. The van der Waals surface area contributed by atoms with Crippen molar-refractivity contribution in [2.45, 2.75) is 51.1 Å². The number of fused-ring (bicyclic) bond motifs is 2. The molecule has 0 aromatic heterocycles. The number of ether oxygens (including phenoxy) is 3. The van der Waals surface area contributed by atoms with Crippen molar-refractivity contribution in [3.8, 4) is 0 Å². The third-order valence-corrected chi connectivity index (χ3v) is 3.91. The summed E-state index contributed by atoms with van der Waals surface area (Å²) in [4.78, 5) is 11.2. The summed E-state index contributed by atoms with van der Waals surface area (Å²) in [5.41, 5.74) is 0. The molecule has 0 bridgehead atoms. The fourth-order valence-electron chi connectivity index (χ4n) is 3.22. The van der Waals surface area contributed by atoms with Gasteiger partial charge in [0.25, 0.3) is 0 Å². The van der Waals surface area contributed by atoms with Crippen molar-refractivity contribution in [2.75, 3.05) is 6.61 Å². The zero-order valence-corrected chi connectivity index (χ0v) is 9.77. The van der Waals surface area contributed by atoms with E-state index in [9.17, 15) is 4.79 Å². The van der Waals surface area contributed by atoms with Gasteiger partial charge in [0.15, 0.2) is 5.79 Å². The van der Waals surface area contributed by atoms with Crippen LogP contribution in [0.2, 0.25) is 0 Å². The molecule has 1 aliphatic carbocycles. The van der Waals surface area contributed by atoms with Crippen molar-refractivity contribution in [1.82, 2.24) is 0 Å². The fraction of sp³-hybridized carbons (Fsp3) is 0.917. The molecule has 2 saturated heterocycles. The van der Waals surface area contributed by atoms with Gasteiger partial charge in [0, 0.05) is 6.42 Å². The number of esters is 1. The molecule has 3 rings (SSSR count). The van der Waals surface area contributed by atoms with Crippen LogP contribution in [0.5, 0.6) is 0 Å². The van der Waals surface area contributed by atoms with Gasteiger partial charge in [0.05, 0.1) is 18.8 Å². The van der Waals surface area contributed by atoms with Gasteiger partial charge in [-0.3, -0.25) is 4.79 Å². The third-order valence-electron chi connectivity index (χ3n) is 3.91. The molecule has 4 nitrogen and oxygen atoms in total. The SMILES string of the molecule is CC1(C)O[C@H]2C[C@@H]3CC(=O)OC[C@@H]3C[C@H]2O1. The molecular weight excluding hydrogens is 208 g/mol. The van der Waals surface area contributed by atoms with E-state index in [4.69, 9.17) is 14.2 Å². The van der Waals surface area contributed by atoms with Crippen LogP contribution < -0.4 is 0 Å². The van der Waals surface area contributed by atoms with E-state index in [1.165, 1.54) is 0 Å². The highest BCUT2D eigenvalue weighted by atomic mass is 16.7. The Hall–Kier alpha value is -0.610. The molecule has 90 valence electrons. The second-order valence-electron chi connectivity index (χ2n) is 5.59. The predicted molar refractivity (Wildman–Crippen MR) is 55.6 cm³/mol. The van der Waals surface area contributed by atoms with E-state index in [2.05, 4.69) is 0 Å². The minimum Gasteiger partial charge on any atom is -0.465 e. The van der Waals surface area contributed by atoms with E-state index >= 15 is 0 Å². The summed E-state index contributed by atoms with van der Waals surface area (Å²) in [5.74, 6) is 0.377. The zero-order valence-electron chi connectivity index (χ0n) is 9.77. The summed E-state index contributed by atoms with van der Waals surface area (Å²) in [6, 6.07) is 0. The molecule has 0 unspecified atom stereocenters. The number of cyclic esters (lactones) is 1. The Balaban J connectivity index is 1.73. The fourth-order valence-corrected chi connectivity index (χ4v) is 3.22. The molecule has 0 amide bonds. The Kier molecular flexibility index (Phi) is 2.27. The number of hydrogen-bond donors (Lipinski definition) is 0. The second-order valence-corrected chi connectivity index (χ2v) is 5.59. The summed E-state index contributed by atoms with van der Waals surface area (Å²) in [6.45, 7) is 4.48. The lowest BCUT2D eigenvalue weighted by Gasteiger charge is -2.38. The number of rotatable bonds is 0. The van der Waals surface area contributed by atoms with Crippen molar-refractivity contribution in [3.63, 3.8) is 0 Å². The largest absolute Gasteiger partial charge is 0.465 e. The molecule has 0 N–H and O–H groups in total. The predicted octanol–water partition coefficient (Wildman–Crippen LogP) is 1.48. The van der Waals surface area contributed by atoms with Crippen molar-refractivity contribution >= 4 is 5.97 Å². The molecule has 0 aromatic carbocycles. The first-order valence-electron chi connectivity index (χ1n) is 6.05. The summed E-state index contributed by atoms with van der Waals surface area (Å²) >= 11 is 0. The third kappa shape index (κ3) is 1.74. The summed E-state index contributed by atoms with van der Waals surface area (Å²) in [6.07, 6.45) is 2.81. The number of carbonyl (C=O) groups excluding carboxylic acids is 1. The first-order chi connectivity index (χ1) is 7.53. The molecule has 1 saturated carbocycles. The summed E-state index contributed by atoms with van der Waals surface area (Å²) in [7, 11) is 0. The van der Waals surface area contributed by atoms with Gasteiger partial charge in [0.2, 0.25) is 0 Å². The van der Waals surface area contributed by atoms with Gasteiger partial charge in [0.1, 0.15) is 0 Å². The molecule has 0 radical (unpaired) electrons. The Morgan fingerprint density at radius 3 is 2.44 bits per heavy atom. The maximum atomic E-state index is 11.2. The highest BCUT2D eigenvalue weighted by molar-refractivity contribution is 5.70. The smallest absolute Gasteiger partial charge is 0.306 e. The van der Waals surface area contributed by atoms with Gasteiger partial charge in [-0.2, -0.15) is 0 Å². The lowest BCUT2D eigenvalue weighted by Crippen LogP contribution is -2.42. The molecule has 0 spiro atoms. The average molecular weight is 226 g/mol. The van der Waals surface area contributed by atoms with E-state index in [0.717, 1.165) is 12.8 Å². The maximum Gasteiger partial charge on any atom is 0.306 e. The zero-order chi connectivity index (χ0) is 11.3. The number of hydrogen-bond acceptors (Lipinski definition) is 4. The van der Waals surface area contributed by atoms with Crippen molar-refractivity contribution < 1.29 is 19.0 Å². The van der Waals surface area contributed by atoms with E-state index < -0.39 is 5.79 Å². The van der Waals surface area contributed by atoms with Crippen LogP contribution in [-0.4, -0.2) is 30.6 Å². The van der Waals surface area contributed by atoms with Crippen LogP contribution in [0, 0.1) is 11.8 Å². The quantitative estimate of drug-likeness (QED) is 0.587. The Labute approximate surface area is 95.2 Å². The summed E-state index contributed by atoms with van der Waals surface area (Å²) in [5, 5.41) is 0. The normalized spacial score (nSPS) is 45.8. The van der Waals surface area contributed by atoms with Crippen LogP contribution in [0.25, 0.3) is 0 Å². The van der Waals surface area contributed by atoms with Gasteiger partial charge < -0.3 is 14.2 Å². The van der Waals surface area contributed by atoms with Crippen LogP contribution in [0.3, 0.4) is 0 Å². The van der Waals surface area contributed by atoms with Crippen LogP contribution in [0.1, 0.15) is 33.1 Å². The molecule has 4 atom stereocenters. The molecule has 4 heteroatoms. The van der Waals surface area contributed by atoms with Gasteiger partial charge in [-0.15, -0.1) is 0 Å².